The maximum absolute atomic E-state index is 5.96. The van der Waals surface area contributed by atoms with Gasteiger partial charge in [-0.1, -0.05) is 35.0 Å². The quantitative estimate of drug-likeness (QED) is 0.774. The Balaban J connectivity index is 2.58. The summed E-state index contributed by atoms with van der Waals surface area (Å²) in [6.07, 6.45) is 0.927. The predicted octanol–water partition coefficient (Wildman–Crippen LogP) is 4.17. The van der Waals surface area contributed by atoms with E-state index in [0.29, 0.717) is 11.8 Å². The van der Waals surface area contributed by atoms with E-state index < -0.39 is 0 Å². The van der Waals surface area contributed by atoms with Crippen molar-refractivity contribution in [2.45, 2.75) is 25.4 Å². The maximum Gasteiger partial charge on any atom is 0.0453 e. The summed E-state index contributed by atoms with van der Waals surface area (Å²) in [5.41, 5.74) is 1.08. The van der Waals surface area contributed by atoms with Crippen LogP contribution in [0.2, 0.25) is 0 Å². The van der Waals surface area contributed by atoms with Gasteiger partial charge in [-0.3, -0.25) is 0 Å². The molecule has 0 aliphatic rings. The van der Waals surface area contributed by atoms with Crippen LogP contribution < -0.4 is 5.32 Å². The molecule has 16 heavy (non-hydrogen) atoms. The molecule has 90 valence electrons. The summed E-state index contributed by atoms with van der Waals surface area (Å²) < 4.78 is 1.09. The van der Waals surface area contributed by atoms with Crippen molar-refractivity contribution >= 4 is 39.1 Å². The first kappa shape index (κ1) is 14.3. The molecule has 0 saturated carbocycles. The van der Waals surface area contributed by atoms with E-state index in [4.69, 9.17) is 23.2 Å². The molecule has 1 N–H and O–H groups in total. The van der Waals surface area contributed by atoms with Gasteiger partial charge in [0.05, 0.1) is 0 Å². The molecule has 0 aliphatic carbocycles. The van der Waals surface area contributed by atoms with Gasteiger partial charge in [-0.15, -0.1) is 23.2 Å². The average molecular weight is 325 g/mol. The van der Waals surface area contributed by atoms with E-state index in [9.17, 15) is 0 Å². The van der Waals surface area contributed by atoms with E-state index in [1.807, 2.05) is 12.1 Å². The third-order valence-electron chi connectivity index (χ3n) is 2.77. The van der Waals surface area contributed by atoms with Crippen LogP contribution in [0.1, 0.15) is 18.9 Å². The fourth-order valence-electron chi connectivity index (χ4n) is 1.34. The van der Waals surface area contributed by atoms with Gasteiger partial charge in [0.25, 0.3) is 0 Å². The standard InChI is InChI=1S/C12H16BrCl2N/c1-2-12(8-14,9-15)16-7-10-3-5-11(13)6-4-10/h3-6,16H,2,7-9H2,1H3. The van der Waals surface area contributed by atoms with E-state index in [1.165, 1.54) is 5.56 Å². The Morgan fingerprint density at radius 2 is 1.75 bits per heavy atom. The van der Waals surface area contributed by atoms with Gasteiger partial charge in [0, 0.05) is 28.3 Å². The Labute approximate surface area is 116 Å². The molecule has 0 saturated heterocycles. The number of nitrogens with one attached hydrogen (secondary N) is 1. The summed E-state index contributed by atoms with van der Waals surface area (Å²) >= 11 is 15.3. The molecule has 0 aromatic heterocycles. The second-order valence-corrected chi connectivity index (χ2v) is 5.33. The zero-order chi connectivity index (χ0) is 12.0. The van der Waals surface area contributed by atoms with Crippen molar-refractivity contribution in [1.29, 1.82) is 0 Å². The van der Waals surface area contributed by atoms with Crippen molar-refractivity contribution in [1.82, 2.24) is 5.32 Å². The van der Waals surface area contributed by atoms with E-state index in [2.05, 4.69) is 40.3 Å². The highest BCUT2D eigenvalue weighted by Crippen LogP contribution is 2.16. The van der Waals surface area contributed by atoms with Crippen LogP contribution in [-0.2, 0) is 6.54 Å². The topological polar surface area (TPSA) is 12.0 Å². The number of hydrogen-bond acceptors (Lipinski definition) is 1. The van der Waals surface area contributed by atoms with E-state index in [0.717, 1.165) is 17.4 Å². The third-order valence-corrected chi connectivity index (χ3v) is 4.32. The molecule has 1 rings (SSSR count). The molecule has 1 nitrogen and oxygen atoms in total. The molecule has 0 radical (unpaired) electrons. The Bertz CT molecular complexity index is 301. The molecule has 0 fully saturated rings. The Kier molecular flexibility index (Phi) is 6.12. The molecule has 0 bridgehead atoms. The van der Waals surface area contributed by atoms with Crippen molar-refractivity contribution in [3.05, 3.63) is 34.3 Å². The van der Waals surface area contributed by atoms with Gasteiger partial charge in [-0.2, -0.15) is 0 Å². The Hall–Kier alpha value is 0.240. The number of benzene rings is 1. The van der Waals surface area contributed by atoms with Crippen LogP contribution in [0.15, 0.2) is 28.7 Å². The second kappa shape index (κ2) is 6.85. The van der Waals surface area contributed by atoms with Crippen LogP contribution >= 0.6 is 39.1 Å². The van der Waals surface area contributed by atoms with Crippen molar-refractivity contribution in [2.75, 3.05) is 11.8 Å². The van der Waals surface area contributed by atoms with Gasteiger partial charge in [-0.05, 0) is 24.1 Å². The zero-order valence-electron chi connectivity index (χ0n) is 9.27. The minimum absolute atomic E-state index is 0.157. The van der Waals surface area contributed by atoms with Gasteiger partial charge in [0.2, 0.25) is 0 Å². The first-order chi connectivity index (χ1) is 7.65. The summed E-state index contributed by atoms with van der Waals surface area (Å²) in [5.74, 6) is 1.06. The molecule has 0 amide bonds. The minimum Gasteiger partial charge on any atom is -0.305 e. The largest absolute Gasteiger partial charge is 0.305 e. The lowest BCUT2D eigenvalue weighted by Gasteiger charge is -2.29. The smallest absolute Gasteiger partial charge is 0.0453 e. The van der Waals surface area contributed by atoms with Crippen molar-refractivity contribution in [3.8, 4) is 0 Å². The van der Waals surface area contributed by atoms with Crippen molar-refractivity contribution < 1.29 is 0 Å². The summed E-state index contributed by atoms with van der Waals surface area (Å²) in [6, 6.07) is 8.23. The average Bonchev–Trinajstić information content (AvgIpc) is 2.34. The molecular formula is C12H16BrCl2N. The summed E-state index contributed by atoms with van der Waals surface area (Å²) in [7, 11) is 0. The maximum atomic E-state index is 5.96. The highest BCUT2D eigenvalue weighted by Gasteiger charge is 2.25. The molecular weight excluding hydrogens is 309 g/mol. The van der Waals surface area contributed by atoms with Crippen LogP contribution in [0.3, 0.4) is 0 Å². The van der Waals surface area contributed by atoms with E-state index >= 15 is 0 Å². The molecule has 0 atom stereocenters. The van der Waals surface area contributed by atoms with Crippen LogP contribution in [0.4, 0.5) is 0 Å². The molecule has 0 heterocycles. The second-order valence-electron chi connectivity index (χ2n) is 3.88. The van der Waals surface area contributed by atoms with E-state index in [1.54, 1.807) is 0 Å². The highest BCUT2D eigenvalue weighted by atomic mass is 79.9. The first-order valence-electron chi connectivity index (χ1n) is 5.27. The Morgan fingerprint density at radius 1 is 1.19 bits per heavy atom. The molecule has 0 aliphatic heterocycles. The zero-order valence-corrected chi connectivity index (χ0v) is 12.4. The fraction of sp³-hybridized carbons (Fsp3) is 0.500. The molecule has 0 unspecified atom stereocenters. The molecule has 1 aromatic rings. The van der Waals surface area contributed by atoms with Gasteiger partial charge in [0.1, 0.15) is 0 Å². The third kappa shape index (κ3) is 3.92. The SMILES string of the molecule is CCC(CCl)(CCl)NCc1ccc(Br)cc1. The number of hydrogen-bond donors (Lipinski definition) is 1. The van der Waals surface area contributed by atoms with Crippen LogP contribution in [-0.4, -0.2) is 17.3 Å². The summed E-state index contributed by atoms with van der Waals surface area (Å²) in [5, 5.41) is 3.44. The summed E-state index contributed by atoms with van der Waals surface area (Å²) in [6.45, 7) is 2.89. The monoisotopic (exact) mass is 323 g/mol. The predicted molar refractivity (Wildman–Crippen MR) is 75.4 cm³/mol. The molecule has 4 heteroatoms. The fourth-order valence-corrected chi connectivity index (χ4v) is 2.45. The van der Waals surface area contributed by atoms with Crippen molar-refractivity contribution in [2.24, 2.45) is 0 Å². The number of rotatable bonds is 6. The lowest BCUT2D eigenvalue weighted by atomic mass is 10.0. The van der Waals surface area contributed by atoms with Crippen LogP contribution in [0, 0.1) is 0 Å². The molecule has 1 aromatic carbocycles. The summed E-state index contributed by atoms with van der Waals surface area (Å²) in [4.78, 5) is 0. The first-order valence-corrected chi connectivity index (χ1v) is 7.13. The van der Waals surface area contributed by atoms with E-state index in [-0.39, 0.29) is 5.54 Å². The molecule has 0 spiro atoms. The van der Waals surface area contributed by atoms with Crippen molar-refractivity contribution in [3.63, 3.8) is 0 Å². The number of alkyl halides is 2. The normalized spacial score (nSPS) is 11.8. The highest BCUT2D eigenvalue weighted by molar-refractivity contribution is 9.10. The lowest BCUT2D eigenvalue weighted by Crippen LogP contribution is -2.47. The lowest BCUT2D eigenvalue weighted by molar-refractivity contribution is 0.385. The van der Waals surface area contributed by atoms with Gasteiger partial charge < -0.3 is 5.32 Å². The number of halogens is 3. The van der Waals surface area contributed by atoms with Crippen LogP contribution in [0.5, 0.6) is 0 Å². The van der Waals surface area contributed by atoms with Gasteiger partial charge >= 0.3 is 0 Å². The Morgan fingerprint density at radius 3 is 2.19 bits per heavy atom. The van der Waals surface area contributed by atoms with Gasteiger partial charge in [0.15, 0.2) is 0 Å². The minimum atomic E-state index is -0.157. The van der Waals surface area contributed by atoms with Gasteiger partial charge in [-0.25, -0.2) is 0 Å². The van der Waals surface area contributed by atoms with Crippen LogP contribution in [0.25, 0.3) is 0 Å².